The van der Waals surface area contributed by atoms with E-state index in [0.717, 1.165) is 10.4 Å². The molecule has 0 fully saturated rings. The molecule has 0 saturated carbocycles. The van der Waals surface area contributed by atoms with Crippen LogP contribution in [0.1, 0.15) is 44.8 Å². The smallest absolute Gasteiger partial charge is 0.345 e. The van der Waals surface area contributed by atoms with Crippen LogP contribution in [0.25, 0.3) is 0 Å². The van der Waals surface area contributed by atoms with E-state index in [4.69, 9.17) is 9.63 Å². The normalized spacial score (nSPS) is 12.8. The van der Waals surface area contributed by atoms with Crippen LogP contribution in [0.4, 0.5) is 0 Å². The number of rotatable bonds is 5. The highest BCUT2D eigenvalue weighted by Crippen LogP contribution is 2.25. The van der Waals surface area contributed by atoms with E-state index < -0.39 is 5.97 Å². The molecule has 0 aromatic carbocycles. The molecule has 2 heterocycles. The lowest BCUT2D eigenvalue weighted by Crippen LogP contribution is -2.22. The van der Waals surface area contributed by atoms with Gasteiger partial charge < -0.3 is 9.63 Å². The number of hydrogen-bond acceptors (Lipinski definition) is 6. The number of hydrogen-bond donors (Lipinski definition) is 1. The summed E-state index contributed by atoms with van der Waals surface area (Å²) in [6.07, 6.45) is 0. The van der Waals surface area contributed by atoms with Crippen molar-refractivity contribution >= 4 is 17.3 Å². The highest BCUT2D eigenvalue weighted by molar-refractivity contribution is 7.14. The largest absolute Gasteiger partial charge is 0.477 e. The van der Waals surface area contributed by atoms with E-state index in [1.54, 1.807) is 13.0 Å². The lowest BCUT2D eigenvalue weighted by atomic mass is 10.2. The summed E-state index contributed by atoms with van der Waals surface area (Å²) in [6.45, 7) is 6.33. The van der Waals surface area contributed by atoms with Gasteiger partial charge in [-0.05, 0) is 39.4 Å². The van der Waals surface area contributed by atoms with Gasteiger partial charge in [0.05, 0.1) is 6.04 Å². The molecule has 0 aliphatic carbocycles. The first-order chi connectivity index (χ1) is 9.38. The molecule has 1 atom stereocenters. The first-order valence-electron chi connectivity index (χ1n) is 6.21. The number of aromatic nitrogens is 2. The van der Waals surface area contributed by atoms with E-state index in [9.17, 15) is 4.79 Å². The van der Waals surface area contributed by atoms with E-state index in [-0.39, 0.29) is 6.04 Å². The van der Waals surface area contributed by atoms with Crippen LogP contribution in [0, 0.1) is 13.8 Å². The molecule has 2 rings (SSSR count). The molecule has 0 radical (unpaired) electrons. The highest BCUT2D eigenvalue weighted by atomic mass is 32.1. The topological polar surface area (TPSA) is 79.5 Å². The zero-order valence-corrected chi connectivity index (χ0v) is 12.7. The molecule has 7 heteroatoms. The summed E-state index contributed by atoms with van der Waals surface area (Å²) in [6, 6.07) is 1.70. The fourth-order valence-corrected chi connectivity index (χ4v) is 2.73. The average Bonchev–Trinajstić information content (AvgIpc) is 2.96. The minimum absolute atomic E-state index is 0.0243. The van der Waals surface area contributed by atoms with Crippen LogP contribution in [0.15, 0.2) is 10.6 Å². The number of carboxylic acid groups (broad SMARTS) is 1. The van der Waals surface area contributed by atoms with Gasteiger partial charge in [-0.25, -0.2) is 4.79 Å². The third-order valence-corrected chi connectivity index (χ3v) is 4.29. The van der Waals surface area contributed by atoms with Gasteiger partial charge in [-0.15, -0.1) is 11.3 Å². The predicted octanol–water partition coefficient (Wildman–Crippen LogP) is 2.64. The maximum Gasteiger partial charge on any atom is 0.345 e. The van der Waals surface area contributed by atoms with Crippen molar-refractivity contribution in [1.82, 2.24) is 15.0 Å². The molecule has 2 aromatic rings. The Morgan fingerprint density at radius 1 is 1.55 bits per heavy atom. The number of carboxylic acids is 1. The van der Waals surface area contributed by atoms with Gasteiger partial charge in [0.2, 0.25) is 5.89 Å². The number of nitrogens with zero attached hydrogens (tertiary/aromatic N) is 3. The molecular weight excluding hydrogens is 278 g/mol. The zero-order chi connectivity index (χ0) is 14.9. The Balaban J connectivity index is 2.11. The summed E-state index contributed by atoms with van der Waals surface area (Å²) >= 11 is 1.30. The summed E-state index contributed by atoms with van der Waals surface area (Å²) in [4.78, 5) is 18.6. The maximum absolute atomic E-state index is 11.0. The van der Waals surface area contributed by atoms with E-state index in [1.807, 2.05) is 25.8 Å². The van der Waals surface area contributed by atoms with Crippen LogP contribution in [0.3, 0.4) is 0 Å². The van der Waals surface area contributed by atoms with Gasteiger partial charge in [0.1, 0.15) is 4.88 Å². The van der Waals surface area contributed by atoms with E-state index in [2.05, 4.69) is 10.1 Å². The minimum atomic E-state index is -0.882. The van der Waals surface area contributed by atoms with Crippen molar-refractivity contribution in [2.24, 2.45) is 0 Å². The van der Waals surface area contributed by atoms with Crippen LogP contribution in [-0.4, -0.2) is 33.2 Å². The molecule has 0 spiro atoms. The summed E-state index contributed by atoms with van der Waals surface area (Å²) < 4.78 is 5.16. The first-order valence-corrected chi connectivity index (χ1v) is 7.03. The molecule has 1 unspecified atom stereocenters. The fraction of sp³-hybridized carbons (Fsp3) is 0.462. The van der Waals surface area contributed by atoms with Gasteiger partial charge in [0, 0.05) is 11.4 Å². The second-order valence-electron chi connectivity index (χ2n) is 4.77. The molecule has 6 nitrogen and oxygen atoms in total. The molecular formula is C13H17N3O3S. The quantitative estimate of drug-likeness (QED) is 0.913. The zero-order valence-electron chi connectivity index (χ0n) is 11.9. The van der Waals surface area contributed by atoms with Crippen molar-refractivity contribution in [3.8, 4) is 0 Å². The van der Waals surface area contributed by atoms with E-state index in [0.29, 0.717) is 23.1 Å². The molecule has 0 aliphatic rings. The monoisotopic (exact) mass is 295 g/mol. The fourth-order valence-electron chi connectivity index (χ4n) is 1.86. The molecule has 2 aromatic heterocycles. The molecule has 108 valence electrons. The van der Waals surface area contributed by atoms with Crippen LogP contribution >= 0.6 is 11.3 Å². The molecule has 20 heavy (non-hydrogen) atoms. The van der Waals surface area contributed by atoms with Crippen molar-refractivity contribution in [3.63, 3.8) is 0 Å². The van der Waals surface area contributed by atoms with Gasteiger partial charge in [-0.1, -0.05) is 5.16 Å². The lowest BCUT2D eigenvalue weighted by Gasteiger charge is -2.21. The second kappa shape index (κ2) is 5.72. The van der Waals surface area contributed by atoms with Gasteiger partial charge in [0.15, 0.2) is 5.82 Å². The molecule has 0 aliphatic heterocycles. The summed E-state index contributed by atoms with van der Waals surface area (Å²) in [7, 11) is 1.95. The Bertz CT molecular complexity index is 620. The average molecular weight is 295 g/mol. The number of thiophene rings is 1. The summed E-state index contributed by atoms with van der Waals surface area (Å²) in [5.74, 6) is 0.295. The van der Waals surface area contributed by atoms with Crippen LogP contribution in [-0.2, 0) is 6.54 Å². The summed E-state index contributed by atoms with van der Waals surface area (Å²) in [5, 5.41) is 12.8. The maximum atomic E-state index is 11.0. The Morgan fingerprint density at radius 2 is 2.25 bits per heavy atom. The first kappa shape index (κ1) is 14.7. The van der Waals surface area contributed by atoms with E-state index >= 15 is 0 Å². The van der Waals surface area contributed by atoms with Crippen LogP contribution in [0.2, 0.25) is 0 Å². The molecule has 0 amide bonds. The van der Waals surface area contributed by atoms with Crippen molar-refractivity contribution < 1.29 is 14.4 Å². The van der Waals surface area contributed by atoms with Crippen LogP contribution < -0.4 is 0 Å². The lowest BCUT2D eigenvalue weighted by molar-refractivity contribution is 0.0702. The number of carbonyl (C=O) groups is 1. The SMILES string of the molecule is Cc1noc(C(C)N(C)Cc2cc(C(=O)O)sc2C)n1. The van der Waals surface area contributed by atoms with E-state index in [1.165, 1.54) is 11.3 Å². The Morgan fingerprint density at radius 3 is 2.75 bits per heavy atom. The third kappa shape index (κ3) is 3.05. The summed E-state index contributed by atoms with van der Waals surface area (Å²) in [5.41, 5.74) is 1.01. The minimum Gasteiger partial charge on any atom is -0.477 e. The number of aromatic carboxylic acids is 1. The third-order valence-electron chi connectivity index (χ3n) is 3.21. The van der Waals surface area contributed by atoms with Crippen LogP contribution in [0.5, 0.6) is 0 Å². The second-order valence-corrected chi connectivity index (χ2v) is 6.02. The van der Waals surface area contributed by atoms with Gasteiger partial charge in [-0.2, -0.15) is 4.98 Å². The predicted molar refractivity (Wildman–Crippen MR) is 74.9 cm³/mol. The van der Waals surface area contributed by atoms with Crippen molar-refractivity contribution in [2.45, 2.75) is 33.4 Å². The van der Waals surface area contributed by atoms with Crippen molar-refractivity contribution in [1.29, 1.82) is 0 Å². The van der Waals surface area contributed by atoms with Crippen molar-refractivity contribution in [3.05, 3.63) is 33.1 Å². The molecule has 0 bridgehead atoms. The standard InChI is InChI=1S/C13H17N3O3S/c1-7(12-14-9(3)15-19-12)16(4)6-10-5-11(13(17)18)20-8(10)2/h5,7H,6H2,1-4H3,(H,17,18). The van der Waals surface area contributed by atoms with Gasteiger partial charge in [0.25, 0.3) is 0 Å². The molecule has 0 saturated heterocycles. The Hall–Kier alpha value is -1.73. The molecule has 1 N–H and O–H groups in total. The highest BCUT2D eigenvalue weighted by Gasteiger charge is 2.20. The Labute approximate surface area is 121 Å². The van der Waals surface area contributed by atoms with Crippen molar-refractivity contribution in [2.75, 3.05) is 7.05 Å². The van der Waals surface area contributed by atoms with Gasteiger partial charge >= 0.3 is 5.97 Å². The Kier molecular flexibility index (Phi) is 4.20. The van der Waals surface area contributed by atoms with Gasteiger partial charge in [-0.3, -0.25) is 4.90 Å². The number of aryl methyl sites for hydroxylation is 2.